The first-order valence-corrected chi connectivity index (χ1v) is 10.6. The number of carbonyl (C=O) groups is 2. The Morgan fingerprint density at radius 3 is 2.41 bits per heavy atom. The zero-order chi connectivity index (χ0) is 21.8. The zero-order valence-corrected chi connectivity index (χ0v) is 17.9. The molecule has 0 spiro atoms. The van der Waals surface area contributed by atoms with E-state index in [9.17, 15) is 18.0 Å². The number of benzene rings is 1. The van der Waals surface area contributed by atoms with Gasteiger partial charge in [-0.15, -0.1) is 0 Å². The Kier molecular flexibility index (Phi) is 7.15. The van der Waals surface area contributed by atoms with Gasteiger partial charge >= 0.3 is 5.97 Å². The van der Waals surface area contributed by atoms with Gasteiger partial charge in [0.2, 0.25) is 15.8 Å². The van der Waals surface area contributed by atoms with Crippen LogP contribution in [0.5, 0.6) is 0 Å². The molecule has 9 nitrogen and oxygen atoms in total. The van der Waals surface area contributed by atoms with E-state index in [4.69, 9.17) is 9.26 Å². The van der Waals surface area contributed by atoms with Crippen LogP contribution in [0.25, 0.3) is 0 Å². The largest absolute Gasteiger partial charge is 0.447 e. The predicted molar refractivity (Wildman–Crippen MR) is 106 cm³/mol. The lowest BCUT2D eigenvalue weighted by molar-refractivity contribution is -0.123. The summed E-state index contributed by atoms with van der Waals surface area (Å²) in [6.45, 7) is 8.93. The molecule has 0 fully saturated rings. The molecule has 2 aromatic rings. The second-order valence-corrected chi connectivity index (χ2v) is 8.35. The Morgan fingerprint density at radius 1 is 1.21 bits per heavy atom. The smallest absolute Gasteiger partial charge is 0.377 e. The van der Waals surface area contributed by atoms with Crippen LogP contribution in [-0.4, -0.2) is 48.9 Å². The number of hydrogen-bond acceptors (Lipinski definition) is 7. The molecule has 0 radical (unpaired) electrons. The summed E-state index contributed by atoms with van der Waals surface area (Å²) in [6.07, 6.45) is -1.13. The van der Waals surface area contributed by atoms with Crippen LogP contribution in [0, 0.1) is 13.8 Å². The summed E-state index contributed by atoms with van der Waals surface area (Å²) in [6, 6.07) is 6.00. The molecule has 1 aromatic carbocycles. The summed E-state index contributed by atoms with van der Waals surface area (Å²) in [5.74, 6) is -1.53. The number of anilines is 1. The van der Waals surface area contributed by atoms with Gasteiger partial charge in [0.15, 0.2) is 6.10 Å². The highest BCUT2D eigenvalue weighted by atomic mass is 32.2. The molecule has 29 heavy (non-hydrogen) atoms. The third-order valence-electron chi connectivity index (χ3n) is 4.26. The lowest BCUT2D eigenvalue weighted by Gasteiger charge is -2.20. The van der Waals surface area contributed by atoms with Crippen molar-refractivity contribution in [3.05, 3.63) is 41.3 Å². The van der Waals surface area contributed by atoms with Gasteiger partial charge in [-0.1, -0.05) is 25.1 Å². The van der Waals surface area contributed by atoms with Crippen molar-refractivity contribution in [2.75, 3.05) is 18.4 Å². The topological polar surface area (TPSA) is 119 Å². The molecule has 1 atom stereocenters. The van der Waals surface area contributed by atoms with Crippen molar-refractivity contribution in [1.82, 2.24) is 9.46 Å². The number of esters is 1. The summed E-state index contributed by atoms with van der Waals surface area (Å²) in [5, 5.41) is 6.16. The molecule has 0 aliphatic heterocycles. The minimum Gasteiger partial charge on any atom is -0.447 e. The number of hydrogen-bond donors (Lipinski definition) is 1. The maximum Gasteiger partial charge on any atom is 0.377 e. The van der Waals surface area contributed by atoms with Crippen LogP contribution in [0.1, 0.15) is 42.6 Å². The zero-order valence-electron chi connectivity index (χ0n) is 17.1. The van der Waals surface area contributed by atoms with Crippen LogP contribution in [0.4, 0.5) is 5.69 Å². The Morgan fingerprint density at radius 2 is 1.86 bits per heavy atom. The van der Waals surface area contributed by atoms with E-state index in [0.717, 1.165) is 0 Å². The number of amides is 1. The van der Waals surface area contributed by atoms with Crippen molar-refractivity contribution in [1.29, 1.82) is 0 Å². The maximum atomic E-state index is 12.8. The maximum absolute atomic E-state index is 12.8. The lowest BCUT2D eigenvalue weighted by Crippen LogP contribution is -2.32. The van der Waals surface area contributed by atoms with Gasteiger partial charge in [0, 0.05) is 24.8 Å². The molecule has 0 saturated heterocycles. The highest BCUT2D eigenvalue weighted by Gasteiger charge is 2.25. The fourth-order valence-corrected chi connectivity index (χ4v) is 4.34. The van der Waals surface area contributed by atoms with Gasteiger partial charge in [-0.05, 0) is 38.5 Å². The number of sulfonamides is 1. The Labute approximate surface area is 170 Å². The van der Waals surface area contributed by atoms with Crippen LogP contribution in [-0.2, 0) is 19.6 Å². The van der Waals surface area contributed by atoms with Gasteiger partial charge in [-0.3, -0.25) is 4.79 Å². The van der Waals surface area contributed by atoms with Gasteiger partial charge in [0.1, 0.15) is 0 Å². The average Bonchev–Trinajstić information content (AvgIpc) is 3.10. The Balaban J connectivity index is 2.15. The van der Waals surface area contributed by atoms with Gasteiger partial charge < -0.3 is 14.6 Å². The molecule has 158 valence electrons. The molecule has 1 aromatic heterocycles. The molecule has 10 heteroatoms. The highest BCUT2D eigenvalue weighted by molar-refractivity contribution is 7.89. The first-order valence-electron chi connectivity index (χ1n) is 9.16. The molecule has 1 heterocycles. The summed E-state index contributed by atoms with van der Waals surface area (Å²) in [4.78, 5) is 24.5. The fraction of sp³-hybridized carbons (Fsp3) is 0.421. The van der Waals surface area contributed by atoms with E-state index in [2.05, 4.69) is 10.5 Å². The second kappa shape index (κ2) is 9.19. The van der Waals surface area contributed by atoms with Crippen molar-refractivity contribution >= 4 is 27.6 Å². The van der Waals surface area contributed by atoms with Crippen molar-refractivity contribution in [3.8, 4) is 0 Å². The van der Waals surface area contributed by atoms with E-state index in [1.54, 1.807) is 39.8 Å². The highest BCUT2D eigenvalue weighted by Crippen LogP contribution is 2.24. The van der Waals surface area contributed by atoms with E-state index >= 15 is 0 Å². The number of ether oxygens (including phenoxy) is 1. The van der Waals surface area contributed by atoms with E-state index < -0.39 is 28.0 Å². The van der Waals surface area contributed by atoms with Crippen LogP contribution >= 0.6 is 0 Å². The third-order valence-corrected chi connectivity index (χ3v) is 6.45. The van der Waals surface area contributed by atoms with Gasteiger partial charge in [0.05, 0.1) is 10.6 Å². The molecular weight excluding hydrogens is 398 g/mol. The number of nitrogens with zero attached hydrogens (tertiary/aromatic N) is 2. The summed E-state index contributed by atoms with van der Waals surface area (Å²) < 4.78 is 36.9. The van der Waals surface area contributed by atoms with Gasteiger partial charge in [-0.25, -0.2) is 13.2 Å². The van der Waals surface area contributed by atoms with E-state index in [1.807, 2.05) is 0 Å². The average molecular weight is 423 g/mol. The molecular formula is C19H25N3O6S. The summed E-state index contributed by atoms with van der Waals surface area (Å²) in [7, 11) is -3.69. The molecule has 1 N–H and O–H groups in total. The van der Waals surface area contributed by atoms with Crippen LogP contribution in [0.3, 0.4) is 0 Å². The molecule has 0 aliphatic rings. The SMILES string of the molecule is CCN(CC)S(=O)(=O)c1cc(NC(=O)[C@@H](C)OC(=O)c2cc(C)no2)ccc1C. The van der Waals surface area contributed by atoms with Crippen molar-refractivity contribution in [2.24, 2.45) is 0 Å². The number of aromatic nitrogens is 1. The van der Waals surface area contributed by atoms with Crippen molar-refractivity contribution in [3.63, 3.8) is 0 Å². The van der Waals surface area contributed by atoms with Crippen molar-refractivity contribution < 1.29 is 27.3 Å². The monoisotopic (exact) mass is 423 g/mol. The number of rotatable bonds is 8. The molecule has 0 bridgehead atoms. The molecule has 2 rings (SSSR count). The summed E-state index contributed by atoms with van der Waals surface area (Å²) in [5.41, 5.74) is 1.36. The fourth-order valence-electron chi connectivity index (χ4n) is 2.63. The Hall–Kier alpha value is -2.72. The normalized spacial score (nSPS) is 12.6. The number of carbonyl (C=O) groups excluding carboxylic acids is 2. The molecule has 1 amide bonds. The molecule has 0 aliphatic carbocycles. The van der Waals surface area contributed by atoms with Crippen molar-refractivity contribution in [2.45, 2.75) is 45.6 Å². The van der Waals surface area contributed by atoms with Crippen LogP contribution in [0.2, 0.25) is 0 Å². The predicted octanol–water partition coefficient (Wildman–Crippen LogP) is 2.51. The standard InChI is InChI=1S/C19H25N3O6S/c1-6-22(7-2)29(25,26)17-11-15(9-8-12(17)3)20-18(23)14(5)27-19(24)16-10-13(4)21-28-16/h8-11,14H,6-7H2,1-5H3,(H,20,23)/t14-/m1/s1. The lowest BCUT2D eigenvalue weighted by atomic mass is 10.2. The van der Waals surface area contributed by atoms with E-state index in [-0.39, 0.29) is 16.3 Å². The minimum absolute atomic E-state index is 0.106. The quantitative estimate of drug-likeness (QED) is 0.648. The van der Waals surface area contributed by atoms with E-state index in [0.29, 0.717) is 24.3 Å². The van der Waals surface area contributed by atoms with Gasteiger partial charge in [0.25, 0.3) is 5.91 Å². The molecule has 0 saturated carbocycles. The first kappa shape index (κ1) is 22.6. The Bertz CT molecular complexity index is 995. The van der Waals surface area contributed by atoms with E-state index in [1.165, 1.54) is 23.4 Å². The number of aryl methyl sites for hydroxylation is 2. The van der Waals surface area contributed by atoms with Gasteiger partial charge in [-0.2, -0.15) is 4.31 Å². The number of nitrogens with one attached hydrogen (secondary N) is 1. The third kappa shape index (κ3) is 5.21. The minimum atomic E-state index is -3.69. The molecule has 0 unspecified atom stereocenters. The summed E-state index contributed by atoms with van der Waals surface area (Å²) >= 11 is 0. The van der Waals surface area contributed by atoms with Crippen LogP contribution < -0.4 is 5.32 Å². The van der Waals surface area contributed by atoms with Crippen LogP contribution in [0.15, 0.2) is 33.7 Å². The first-order chi connectivity index (χ1) is 13.6. The second-order valence-electron chi connectivity index (χ2n) is 6.44.